The molecule has 0 radical (unpaired) electrons. The van der Waals surface area contributed by atoms with Gasteiger partial charge in [0, 0.05) is 18.2 Å². The molecule has 11 heteroatoms. The summed E-state index contributed by atoms with van der Waals surface area (Å²) in [5.41, 5.74) is 1.41. The molecule has 2 aliphatic rings. The number of imidazole rings is 1. The average molecular weight is 481 g/mol. The lowest BCUT2D eigenvalue weighted by Gasteiger charge is -2.25. The zero-order chi connectivity index (χ0) is 24.2. The third kappa shape index (κ3) is 4.02. The number of amides is 1. The quantitative estimate of drug-likeness (QED) is 0.437. The molecule has 0 fully saturated rings. The Bertz CT molecular complexity index is 1470. The van der Waals surface area contributed by atoms with Crippen LogP contribution in [0.4, 0.5) is 19.0 Å². The zero-order valence-electron chi connectivity index (χ0n) is 18.1. The van der Waals surface area contributed by atoms with Crippen molar-refractivity contribution in [1.29, 1.82) is 0 Å². The number of ether oxygens (including phenoxy) is 2. The summed E-state index contributed by atoms with van der Waals surface area (Å²) in [5, 5.41) is 2.76. The van der Waals surface area contributed by atoms with Crippen molar-refractivity contribution in [2.24, 2.45) is 0 Å². The monoisotopic (exact) mass is 481 g/mol. The molecule has 35 heavy (non-hydrogen) atoms. The molecule has 1 aromatic carbocycles. The zero-order valence-corrected chi connectivity index (χ0v) is 18.1. The molecule has 2 aliphatic heterocycles. The predicted molar refractivity (Wildman–Crippen MR) is 119 cm³/mol. The van der Waals surface area contributed by atoms with Crippen molar-refractivity contribution in [2.75, 3.05) is 11.9 Å². The minimum atomic E-state index is -4.53. The van der Waals surface area contributed by atoms with E-state index >= 15 is 0 Å². The number of benzene rings is 1. The number of pyridine rings is 2. The van der Waals surface area contributed by atoms with Crippen molar-refractivity contribution in [2.45, 2.75) is 31.4 Å². The van der Waals surface area contributed by atoms with Gasteiger partial charge in [0.25, 0.3) is 0 Å². The first kappa shape index (κ1) is 21.4. The first-order valence-electron chi connectivity index (χ1n) is 11.0. The van der Waals surface area contributed by atoms with Gasteiger partial charge in [-0.2, -0.15) is 13.2 Å². The molecular weight excluding hydrogens is 463 g/mol. The van der Waals surface area contributed by atoms with Crippen LogP contribution < -0.4 is 14.8 Å². The van der Waals surface area contributed by atoms with Crippen LogP contribution in [0.5, 0.6) is 17.2 Å². The minimum Gasteiger partial charge on any atom is -0.493 e. The van der Waals surface area contributed by atoms with E-state index in [1.807, 2.05) is 12.1 Å². The number of nitrogens with one attached hydrogen (secondary N) is 2. The Morgan fingerprint density at radius 3 is 2.86 bits per heavy atom. The Kier molecular flexibility index (Phi) is 4.87. The Balaban J connectivity index is 1.25. The standard InChI is InChI=1S/C24H18F3N5O3/c25-24(26,27)20-9-16-17(10-29-20)31-22(30-16)13-7-12-8-14(1-3-18(12)34-11-13)35-19-5-6-28-23-15(19)2-4-21(33)32-23/h1,3,5-6,8-10,13H,2,4,7,11H2,(H,30,31)(H,28,32,33). The fourth-order valence-electron chi connectivity index (χ4n) is 4.37. The molecule has 6 rings (SSSR count). The smallest absolute Gasteiger partial charge is 0.433 e. The first-order valence-corrected chi connectivity index (χ1v) is 11.0. The number of fused-ring (bicyclic) bond motifs is 3. The molecule has 0 aliphatic carbocycles. The van der Waals surface area contributed by atoms with Crippen LogP contribution in [0.1, 0.15) is 35.0 Å². The molecule has 1 amide bonds. The van der Waals surface area contributed by atoms with E-state index in [0.29, 0.717) is 54.5 Å². The highest BCUT2D eigenvalue weighted by Crippen LogP contribution is 2.38. The highest BCUT2D eigenvalue weighted by Gasteiger charge is 2.33. The number of carbonyl (C=O) groups is 1. The summed E-state index contributed by atoms with van der Waals surface area (Å²) >= 11 is 0. The number of halogens is 3. The summed E-state index contributed by atoms with van der Waals surface area (Å²) in [5.74, 6) is 2.73. The molecule has 8 nitrogen and oxygen atoms in total. The second-order valence-corrected chi connectivity index (χ2v) is 8.47. The van der Waals surface area contributed by atoms with Crippen molar-refractivity contribution in [3.8, 4) is 17.2 Å². The van der Waals surface area contributed by atoms with E-state index in [9.17, 15) is 18.0 Å². The number of aromatic amines is 1. The van der Waals surface area contributed by atoms with Gasteiger partial charge in [-0.1, -0.05) is 0 Å². The van der Waals surface area contributed by atoms with E-state index in [1.165, 1.54) is 0 Å². The van der Waals surface area contributed by atoms with Crippen LogP contribution in [0.2, 0.25) is 0 Å². The van der Waals surface area contributed by atoms with E-state index < -0.39 is 11.9 Å². The number of hydrogen-bond acceptors (Lipinski definition) is 6. The molecule has 5 heterocycles. The van der Waals surface area contributed by atoms with Crippen LogP contribution >= 0.6 is 0 Å². The molecular formula is C24H18F3N5O3. The van der Waals surface area contributed by atoms with Gasteiger partial charge in [0.2, 0.25) is 5.91 Å². The Hall–Kier alpha value is -4.15. The molecule has 4 aromatic rings. The van der Waals surface area contributed by atoms with E-state index in [0.717, 1.165) is 29.1 Å². The van der Waals surface area contributed by atoms with Gasteiger partial charge in [-0.25, -0.2) is 15.0 Å². The Morgan fingerprint density at radius 1 is 1.11 bits per heavy atom. The van der Waals surface area contributed by atoms with Crippen LogP contribution in [-0.2, 0) is 23.8 Å². The number of carbonyl (C=O) groups excluding carboxylic acids is 1. The van der Waals surface area contributed by atoms with Crippen LogP contribution in [0.3, 0.4) is 0 Å². The minimum absolute atomic E-state index is 0.0740. The van der Waals surface area contributed by atoms with Gasteiger partial charge < -0.3 is 19.8 Å². The predicted octanol–water partition coefficient (Wildman–Crippen LogP) is 4.77. The van der Waals surface area contributed by atoms with Crippen LogP contribution in [-0.4, -0.2) is 32.4 Å². The number of anilines is 1. The maximum Gasteiger partial charge on any atom is 0.433 e. The van der Waals surface area contributed by atoms with E-state index in [-0.39, 0.29) is 17.3 Å². The summed E-state index contributed by atoms with van der Waals surface area (Å²) in [4.78, 5) is 26.8. The fraction of sp³-hybridized carbons (Fsp3) is 0.250. The summed E-state index contributed by atoms with van der Waals surface area (Å²) < 4.78 is 51.0. The molecule has 0 spiro atoms. The summed E-state index contributed by atoms with van der Waals surface area (Å²) in [6.07, 6.45) is -0.347. The molecule has 3 aromatic heterocycles. The lowest BCUT2D eigenvalue weighted by Crippen LogP contribution is -2.20. The number of hydrogen-bond donors (Lipinski definition) is 2. The van der Waals surface area contributed by atoms with Gasteiger partial charge in [0.05, 0.1) is 24.2 Å². The normalized spacial score (nSPS) is 17.3. The second-order valence-electron chi connectivity index (χ2n) is 8.47. The molecule has 0 saturated heterocycles. The van der Waals surface area contributed by atoms with Gasteiger partial charge in [-0.15, -0.1) is 0 Å². The number of alkyl halides is 3. The lowest BCUT2D eigenvalue weighted by molar-refractivity contribution is -0.141. The van der Waals surface area contributed by atoms with Crippen molar-refractivity contribution in [3.63, 3.8) is 0 Å². The summed E-state index contributed by atoms with van der Waals surface area (Å²) in [6, 6.07) is 8.23. The summed E-state index contributed by atoms with van der Waals surface area (Å²) in [7, 11) is 0. The van der Waals surface area contributed by atoms with E-state index in [4.69, 9.17) is 9.47 Å². The third-order valence-electron chi connectivity index (χ3n) is 6.10. The SMILES string of the molecule is O=C1CCc2c(Oc3ccc4c(c3)CC(c3nc5cnc(C(F)(F)F)cc5[nH]3)CO4)ccnc2N1. The number of H-pyrrole nitrogens is 1. The van der Waals surface area contributed by atoms with E-state index in [1.54, 1.807) is 18.3 Å². The topological polar surface area (TPSA) is 102 Å². The Morgan fingerprint density at radius 2 is 2.00 bits per heavy atom. The highest BCUT2D eigenvalue weighted by molar-refractivity contribution is 5.93. The molecule has 2 N–H and O–H groups in total. The van der Waals surface area contributed by atoms with Gasteiger partial charge in [0.15, 0.2) is 0 Å². The number of rotatable bonds is 3. The molecule has 1 atom stereocenters. The van der Waals surface area contributed by atoms with Gasteiger partial charge in [0.1, 0.15) is 40.1 Å². The average Bonchev–Trinajstić information content (AvgIpc) is 3.27. The van der Waals surface area contributed by atoms with E-state index in [2.05, 4.69) is 25.3 Å². The molecule has 1 unspecified atom stereocenters. The van der Waals surface area contributed by atoms with Crippen molar-refractivity contribution < 1.29 is 27.4 Å². The van der Waals surface area contributed by atoms with Crippen molar-refractivity contribution >= 4 is 22.8 Å². The molecule has 0 saturated carbocycles. The van der Waals surface area contributed by atoms with Gasteiger partial charge >= 0.3 is 6.18 Å². The lowest BCUT2D eigenvalue weighted by atomic mass is 9.96. The van der Waals surface area contributed by atoms with Crippen LogP contribution in [0.15, 0.2) is 42.7 Å². The second kappa shape index (κ2) is 7.97. The van der Waals surface area contributed by atoms with Crippen molar-refractivity contribution in [3.05, 3.63) is 65.4 Å². The van der Waals surface area contributed by atoms with Crippen LogP contribution in [0.25, 0.3) is 11.0 Å². The van der Waals surface area contributed by atoms with Gasteiger partial charge in [-0.3, -0.25) is 4.79 Å². The molecule has 178 valence electrons. The highest BCUT2D eigenvalue weighted by atomic mass is 19.4. The fourth-order valence-corrected chi connectivity index (χ4v) is 4.37. The maximum atomic E-state index is 13.0. The number of aromatic nitrogens is 4. The van der Waals surface area contributed by atoms with Crippen molar-refractivity contribution in [1.82, 2.24) is 19.9 Å². The summed E-state index contributed by atoms with van der Waals surface area (Å²) in [6.45, 7) is 0.337. The largest absolute Gasteiger partial charge is 0.493 e. The number of nitrogens with zero attached hydrogens (tertiary/aromatic N) is 3. The molecule has 0 bridgehead atoms. The van der Waals surface area contributed by atoms with Crippen LogP contribution in [0, 0.1) is 0 Å². The third-order valence-corrected chi connectivity index (χ3v) is 6.10. The first-order chi connectivity index (χ1) is 16.8. The maximum absolute atomic E-state index is 13.0. The van der Waals surface area contributed by atoms with Gasteiger partial charge in [-0.05, 0) is 48.7 Å². The Labute approximate surface area is 196 Å².